The first-order valence-corrected chi connectivity index (χ1v) is 13.1. The highest BCUT2D eigenvalue weighted by atomic mass is 35.5. The summed E-state index contributed by atoms with van der Waals surface area (Å²) in [7, 11) is 6.84. The molecule has 7 heteroatoms. The number of benzene rings is 2. The van der Waals surface area contributed by atoms with E-state index in [1.165, 1.54) is 67.2 Å². The van der Waals surface area contributed by atoms with Gasteiger partial charge in [0.25, 0.3) is 0 Å². The van der Waals surface area contributed by atoms with E-state index in [0.29, 0.717) is 12.1 Å². The van der Waals surface area contributed by atoms with Crippen LogP contribution in [-0.4, -0.2) is 41.5 Å². The topological polar surface area (TPSA) is 61.0 Å². The third-order valence-electron chi connectivity index (χ3n) is 7.60. The van der Waals surface area contributed by atoms with Gasteiger partial charge in [0.05, 0.1) is 28.4 Å². The van der Waals surface area contributed by atoms with Crippen molar-refractivity contribution in [3.8, 4) is 23.0 Å². The average Bonchev–Trinajstić information content (AvgIpc) is 2.90. The lowest BCUT2D eigenvalue weighted by Crippen LogP contribution is -2.30. The van der Waals surface area contributed by atoms with Crippen LogP contribution in [-0.2, 0) is 12.8 Å². The second-order valence-corrected chi connectivity index (χ2v) is 9.67. The number of methoxy groups -OCH3 is 4. The van der Waals surface area contributed by atoms with E-state index in [-0.39, 0.29) is 12.4 Å². The van der Waals surface area contributed by atoms with Crippen molar-refractivity contribution in [3.63, 3.8) is 0 Å². The summed E-state index contributed by atoms with van der Waals surface area (Å²) in [5.74, 6) is 3.32. The fourth-order valence-corrected chi connectivity index (χ4v) is 5.68. The molecule has 36 heavy (non-hydrogen) atoms. The van der Waals surface area contributed by atoms with Crippen molar-refractivity contribution in [2.45, 2.75) is 69.9 Å². The maximum atomic E-state index is 5.55. The first-order valence-electron chi connectivity index (χ1n) is 13.1. The first-order chi connectivity index (χ1) is 17.2. The van der Waals surface area contributed by atoms with Gasteiger partial charge in [0.1, 0.15) is 0 Å². The maximum Gasteiger partial charge on any atom is 0.161 e. The minimum atomic E-state index is 0. The fraction of sp³-hybridized carbons (Fsp3) is 0.586. The quantitative estimate of drug-likeness (QED) is 0.339. The van der Waals surface area contributed by atoms with Crippen LogP contribution >= 0.6 is 12.4 Å². The number of halogens is 1. The molecule has 2 N–H and O–H groups in total. The molecule has 6 nitrogen and oxygen atoms in total. The molecule has 0 bridgehead atoms. The Kier molecular flexibility index (Phi) is 11.0. The second-order valence-electron chi connectivity index (χ2n) is 9.67. The van der Waals surface area contributed by atoms with E-state index in [0.717, 1.165) is 48.9 Å². The van der Waals surface area contributed by atoms with Crippen molar-refractivity contribution in [3.05, 3.63) is 46.5 Å². The highest BCUT2D eigenvalue weighted by Crippen LogP contribution is 2.38. The minimum Gasteiger partial charge on any atom is -0.493 e. The number of ether oxygens (including phenoxy) is 4. The van der Waals surface area contributed by atoms with Gasteiger partial charge in [-0.25, -0.2) is 0 Å². The zero-order chi connectivity index (χ0) is 24.6. The van der Waals surface area contributed by atoms with Crippen LogP contribution in [0.25, 0.3) is 0 Å². The van der Waals surface area contributed by atoms with Crippen molar-refractivity contribution in [2.75, 3.05) is 41.5 Å². The summed E-state index contributed by atoms with van der Waals surface area (Å²) >= 11 is 0. The molecule has 0 amide bonds. The summed E-state index contributed by atoms with van der Waals surface area (Å²) in [5, 5.41) is 7.42. The van der Waals surface area contributed by atoms with Gasteiger partial charge in [-0.1, -0.05) is 32.1 Å². The molecule has 0 fully saturated rings. The second kappa shape index (κ2) is 14.0. The van der Waals surface area contributed by atoms with Crippen LogP contribution in [0.15, 0.2) is 24.3 Å². The Morgan fingerprint density at radius 3 is 1.33 bits per heavy atom. The average molecular weight is 519 g/mol. The molecule has 2 heterocycles. The molecule has 2 aliphatic heterocycles. The molecule has 0 saturated heterocycles. The van der Waals surface area contributed by atoms with Gasteiger partial charge in [0, 0.05) is 12.1 Å². The molecule has 2 atom stereocenters. The summed E-state index contributed by atoms with van der Waals surface area (Å²) in [5.41, 5.74) is 5.54. The maximum absolute atomic E-state index is 5.55. The monoisotopic (exact) mass is 518 g/mol. The highest BCUT2D eigenvalue weighted by molar-refractivity contribution is 5.85. The summed E-state index contributed by atoms with van der Waals surface area (Å²) in [6, 6.07) is 9.48. The number of hydrogen-bond donors (Lipinski definition) is 2. The summed E-state index contributed by atoms with van der Waals surface area (Å²) in [6.45, 7) is 2.05. The van der Waals surface area contributed by atoms with Gasteiger partial charge < -0.3 is 29.6 Å². The molecule has 0 aromatic heterocycles. The predicted octanol–water partition coefficient (Wildman–Crippen LogP) is 5.95. The standard InChI is InChI=1S/C29H42N2O4.ClH/c1-32-26-16-20-12-14-30-24(22(20)18-28(26)34-3)10-8-6-5-7-9-11-25-23-19-29(35-4)27(33-2)17-21(23)13-15-31-25;/h16-19,24-25,30-31H,5-15H2,1-4H3;1H. The molecule has 4 rings (SSSR count). The van der Waals surface area contributed by atoms with Crippen LogP contribution in [0.4, 0.5) is 0 Å². The van der Waals surface area contributed by atoms with Crippen LogP contribution < -0.4 is 29.6 Å². The zero-order valence-corrected chi connectivity index (χ0v) is 23.1. The summed E-state index contributed by atoms with van der Waals surface area (Å²) in [6.07, 6.45) is 10.8. The van der Waals surface area contributed by atoms with Gasteiger partial charge in [-0.15, -0.1) is 12.4 Å². The van der Waals surface area contributed by atoms with Gasteiger partial charge in [0.15, 0.2) is 23.0 Å². The molecule has 2 aromatic carbocycles. The minimum absolute atomic E-state index is 0. The molecule has 2 aliphatic rings. The van der Waals surface area contributed by atoms with Crippen molar-refractivity contribution in [1.29, 1.82) is 0 Å². The van der Waals surface area contributed by atoms with Crippen molar-refractivity contribution in [1.82, 2.24) is 10.6 Å². The Bertz CT molecular complexity index is 907. The van der Waals surface area contributed by atoms with Crippen molar-refractivity contribution >= 4 is 12.4 Å². The number of nitrogens with one attached hydrogen (secondary N) is 2. The third kappa shape index (κ3) is 6.58. The van der Waals surface area contributed by atoms with E-state index >= 15 is 0 Å². The molecule has 2 unspecified atom stereocenters. The molecule has 200 valence electrons. The van der Waals surface area contributed by atoms with E-state index in [4.69, 9.17) is 18.9 Å². The highest BCUT2D eigenvalue weighted by Gasteiger charge is 2.23. The van der Waals surface area contributed by atoms with E-state index in [1.807, 2.05) is 0 Å². The van der Waals surface area contributed by atoms with Crippen LogP contribution in [0.5, 0.6) is 23.0 Å². The number of fused-ring (bicyclic) bond motifs is 2. The SMILES string of the molecule is COc1cc2c(cc1OC)C(CCCCCCCC1NCCc3cc(OC)c(OC)cc31)NCC2.Cl. The smallest absolute Gasteiger partial charge is 0.161 e. The van der Waals surface area contributed by atoms with Gasteiger partial charge >= 0.3 is 0 Å². The first kappa shape index (κ1) is 28.4. The summed E-state index contributed by atoms with van der Waals surface area (Å²) < 4.78 is 22.1. The molecule has 0 saturated carbocycles. The van der Waals surface area contributed by atoms with Gasteiger partial charge in [0.2, 0.25) is 0 Å². The van der Waals surface area contributed by atoms with Crippen molar-refractivity contribution < 1.29 is 18.9 Å². The molecular weight excluding hydrogens is 476 g/mol. The van der Waals surface area contributed by atoms with E-state index < -0.39 is 0 Å². The lowest BCUT2D eigenvalue weighted by molar-refractivity contribution is 0.351. The molecule has 2 aromatic rings. The van der Waals surface area contributed by atoms with E-state index in [2.05, 4.69) is 34.9 Å². The van der Waals surface area contributed by atoms with Crippen molar-refractivity contribution in [2.24, 2.45) is 0 Å². The normalized spacial score (nSPS) is 18.4. The van der Waals surface area contributed by atoms with E-state index in [9.17, 15) is 0 Å². The molecular formula is C29H43ClN2O4. The fourth-order valence-electron chi connectivity index (χ4n) is 5.68. The Balaban J connectivity index is 0.00000361. The van der Waals surface area contributed by atoms with Gasteiger partial charge in [-0.2, -0.15) is 0 Å². The Morgan fingerprint density at radius 2 is 0.944 bits per heavy atom. The molecule has 0 spiro atoms. The van der Waals surface area contributed by atoms with Gasteiger partial charge in [-0.3, -0.25) is 0 Å². The Hall–Kier alpha value is -2.15. The van der Waals surface area contributed by atoms with Crippen LogP contribution in [0, 0.1) is 0 Å². The third-order valence-corrected chi connectivity index (χ3v) is 7.60. The van der Waals surface area contributed by atoms with Gasteiger partial charge in [-0.05, 0) is 85.3 Å². The Morgan fingerprint density at radius 1 is 0.583 bits per heavy atom. The lowest BCUT2D eigenvalue weighted by atomic mass is 9.89. The number of unbranched alkanes of at least 4 members (excludes halogenated alkanes) is 4. The molecule has 0 radical (unpaired) electrons. The van der Waals surface area contributed by atoms with Crippen LogP contribution in [0.1, 0.15) is 79.3 Å². The van der Waals surface area contributed by atoms with Crippen LogP contribution in [0.3, 0.4) is 0 Å². The van der Waals surface area contributed by atoms with E-state index in [1.54, 1.807) is 28.4 Å². The largest absolute Gasteiger partial charge is 0.493 e. The molecule has 0 aliphatic carbocycles. The summed E-state index contributed by atoms with van der Waals surface area (Å²) in [4.78, 5) is 0. The Labute approximate surface area is 222 Å². The number of rotatable bonds is 12. The predicted molar refractivity (Wildman–Crippen MR) is 148 cm³/mol. The number of hydrogen-bond acceptors (Lipinski definition) is 6. The lowest BCUT2D eigenvalue weighted by Gasteiger charge is -2.28. The van der Waals surface area contributed by atoms with Crippen LogP contribution in [0.2, 0.25) is 0 Å². The zero-order valence-electron chi connectivity index (χ0n) is 22.3.